The number of aromatic nitrogens is 3. The molecule has 2 heterocycles. The molecule has 0 fully saturated rings. The minimum absolute atomic E-state index is 0.157. The Morgan fingerprint density at radius 2 is 1.82 bits per heavy atom. The molecule has 1 amide bonds. The van der Waals surface area contributed by atoms with Gasteiger partial charge in [0.2, 0.25) is 10.1 Å². The molecule has 3 aromatic carbocycles. The second-order valence-electron chi connectivity index (χ2n) is 7.68. The zero-order valence-corrected chi connectivity index (χ0v) is 19.3. The number of amides is 1. The van der Waals surface area contributed by atoms with E-state index in [-0.39, 0.29) is 17.5 Å². The number of methoxy groups -OCH3 is 1. The van der Waals surface area contributed by atoms with E-state index >= 15 is 0 Å². The number of para-hydroxylation sites is 2. The van der Waals surface area contributed by atoms with Crippen LogP contribution in [-0.2, 0) is 0 Å². The van der Waals surface area contributed by atoms with Crippen molar-refractivity contribution in [2.45, 2.75) is 13.0 Å². The Bertz CT molecular complexity index is 1560. The third-order valence-corrected chi connectivity index (χ3v) is 6.28. The molecule has 0 bridgehead atoms. The van der Waals surface area contributed by atoms with E-state index in [0.717, 1.165) is 11.3 Å². The first-order valence-electron chi connectivity index (χ1n) is 10.6. The smallest absolute Gasteiger partial charge is 0.283 e. The number of hydrogen-bond donors (Lipinski definition) is 2. The first kappa shape index (κ1) is 21.6. The molecule has 5 rings (SSSR count). The summed E-state index contributed by atoms with van der Waals surface area (Å²) < 4.78 is 6.63. The number of fused-ring (bicyclic) bond motifs is 2. The zero-order chi connectivity index (χ0) is 23.7. The SMILES string of the molecule is COc1ccccc1Nc1nn2c(=O)c3ccc(C(=O)N[C@@H](C)c4ccccc4)cc3nc2s1. The van der Waals surface area contributed by atoms with Gasteiger partial charge < -0.3 is 15.4 Å². The first-order valence-corrected chi connectivity index (χ1v) is 11.4. The van der Waals surface area contributed by atoms with Crippen LogP contribution in [0.3, 0.4) is 0 Å². The molecule has 0 aliphatic heterocycles. The van der Waals surface area contributed by atoms with Crippen LogP contribution in [0.15, 0.2) is 77.6 Å². The molecule has 0 spiro atoms. The van der Waals surface area contributed by atoms with Gasteiger partial charge in [-0.25, -0.2) is 4.98 Å². The maximum Gasteiger partial charge on any atom is 0.283 e. The van der Waals surface area contributed by atoms with Crippen molar-refractivity contribution in [3.05, 3.63) is 94.3 Å². The summed E-state index contributed by atoms with van der Waals surface area (Å²) >= 11 is 1.24. The second kappa shape index (κ2) is 8.95. The lowest BCUT2D eigenvalue weighted by atomic mass is 10.1. The van der Waals surface area contributed by atoms with Gasteiger partial charge in [0.1, 0.15) is 5.75 Å². The van der Waals surface area contributed by atoms with Gasteiger partial charge in [0, 0.05) is 5.56 Å². The number of carbonyl (C=O) groups excluding carboxylic acids is 1. The van der Waals surface area contributed by atoms with Crippen molar-refractivity contribution in [1.29, 1.82) is 0 Å². The van der Waals surface area contributed by atoms with Crippen molar-refractivity contribution < 1.29 is 9.53 Å². The lowest BCUT2D eigenvalue weighted by Crippen LogP contribution is -2.26. The number of carbonyl (C=O) groups is 1. The molecule has 0 aliphatic rings. The van der Waals surface area contributed by atoms with Crippen LogP contribution < -0.4 is 20.9 Å². The van der Waals surface area contributed by atoms with Crippen molar-refractivity contribution in [2.24, 2.45) is 0 Å². The standard InChI is InChI=1S/C25H21N5O3S/c1-15(16-8-4-3-5-9-16)26-22(31)17-12-13-18-20(14-17)28-25-30(23(18)32)29-24(34-25)27-19-10-6-7-11-21(19)33-2/h3-15H,1-2H3,(H,26,31)(H,27,29)/t15-/m0/s1. The third-order valence-electron chi connectivity index (χ3n) is 5.45. The van der Waals surface area contributed by atoms with Crippen molar-refractivity contribution in [2.75, 3.05) is 12.4 Å². The minimum atomic E-state index is -0.297. The second-order valence-corrected chi connectivity index (χ2v) is 8.64. The predicted molar refractivity (Wildman–Crippen MR) is 133 cm³/mol. The van der Waals surface area contributed by atoms with E-state index in [2.05, 4.69) is 20.7 Å². The Morgan fingerprint density at radius 3 is 2.62 bits per heavy atom. The van der Waals surface area contributed by atoms with Gasteiger partial charge in [-0.1, -0.05) is 53.8 Å². The number of hydrogen-bond acceptors (Lipinski definition) is 7. The summed E-state index contributed by atoms with van der Waals surface area (Å²) in [6, 6.07) is 21.9. The summed E-state index contributed by atoms with van der Waals surface area (Å²) in [6.45, 7) is 1.93. The average Bonchev–Trinajstić information content (AvgIpc) is 3.27. The molecular weight excluding hydrogens is 450 g/mol. The molecule has 9 heteroatoms. The maximum atomic E-state index is 13.0. The zero-order valence-electron chi connectivity index (χ0n) is 18.5. The van der Waals surface area contributed by atoms with E-state index in [4.69, 9.17) is 4.74 Å². The van der Waals surface area contributed by atoms with Gasteiger partial charge in [0.25, 0.3) is 11.5 Å². The molecule has 1 atom stereocenters. The molecule has 2 aromatic heterocycles. The molecular formula is C25H21N5O3S. The molecule has 34 heavy (non-hydrogen) atoms. The fraction of sp³-hybridized carbons (Fsp3) is 0.120. The molecule has 0 radical (unpaired) electrons. The number of nitrogens with zero attached hydrogens (tertiary/aromatic N) is 3. The Hall–Kier alpha value is -4.24. The van der Waals surface area contributed by atoms with Crippen molar-refractivity contribution in [1.82, 2.24) is 19.9 Å². The van der Waals surface area contributed by atoms with Crippen LogP contribution in [0, 0.1) is 0 Å². The normalized spacial score (nSPS) is 11.9. The van der Waals surface area contributed by atoms with Crippen LogP contribution in [0.5, 0.6) is 5.75 Å². The van der Waals surface area contributed by atoms with Crippen LogP contribution in [0.1, 0.15) is 28.9 Å². The van der Waals surface area contributed by atoms with E-state index in [1.54, 1.807) is 25.3 Å². The fourth-order valence-electron chi connectivity index (χ4n) is 3.67. The van der Waals surface area contributed by atoms with Gasteiger partial charge in [-0.15, -0.1) is 5.10 Å². The fourth-order valence-corrected chi connectivity index (χ4v) is 4.48. The first-order chi connectivity index (χ1) is 16.5. The van der Waals surface area contributed by atoms with Gasteiger partial charge >= 0.3 is 0 Å². The van der Waals surface area contributed by atoms with Gasteiger partial charge in [-0.3, -0.25) is 9.59 Å². The summed E-state index contributed by atoms with van der Waals surface area (Å²) in [6.07, 6.45) is 0. The third kappa shape index (κ3) is 4.08. The van der Waals surface area contributed by atoms with Gasteiger partial charge in [0.15, 0.2) is 0 Å². The highest BCUT2D eigenvalue weighted by molar-refractivity contribution is 7.20. The highest BCUT2D eigenvalue weighted by atomic mass is 32.1. The molecule has 0 unspecified atom stereocenters. The summed E-state index contributed by atoms with van der Waals surface area (Å²) in [5.74, 6) is 0.427. The van der Waals surface area contributed by atoms with E-state index in [1.165, 1.54) is 15.9 Å². The molecule has 0 saturated carbocycles. The minimum Gasteiger partial charge on any atom is -0.495 e. The Morgan fingerprint density at radius 1 is 1.06 bits per heavy atom. The highest BCUT2D eigenvalue weighted by Crippen LogP contribution is 2.29. The van der Waals surface area contributed by atoms with E-state index in [1.807, 2.05) is 61.5 Å². The van der Waals surface area contributed by atoms with Crippen molar-refractivity contribution in [3.63, 3.8) is 0 Å². The summed E-state index contributed by atoms with van der Waals surface area (Å²) in [5.41, 5.74) is 2.32. The topological polar surface area (TPSA) is 97.6 Å². The Kier molecular flexibility index (Phi) is 5.69. The van der Waals surface area contributed by atoms with Gasteiger partial charge in [0.05, 0.1) is 29.7 Å². The summed E-state index contributed by atoms with van der Waals surface area (Å²) in [7, 11) is 1.59. The highest BCUT2D eigenvalue weighted by Gasteiger charge is 2.16. The average molecular weight is 472 g/mol. The molecule has 8 nitrogen and oxygen atoms in total. The van der Waals surface area contributed by atoms with E-state index in [9.17, 15) is 9.59 Å². The molecule has 5 aromatic rings. The van der Waals surface area contributed by atoms with Crippen molar-refractivity contribution >= 4 is 43.9 Å². The van der Waals surface area contributed by atoms with Crippen LogP contribution >= 0.6 is 11.3 Å². The predicted octanol–water partition coefficient (Wildman–Crippen LogP) is 4.55. The largest absolute Gasteiger partial charge is 0.495 e. The van der Waals surface area contributed by atoms with Crippen LogP contribution in [-0.4, -0.2) is 27.6 Å². The summed E-state index contributed by atoms with van der Waals surface area (Å²) in [5, 5.41) is 11.4. The lowest BCUT2D eigenvalue weighted by Gasteiger charge is -2.14. The Labute approximate surface area is 198 Å². The monoisotopic (exact) mass is 471 g/mol. The maximum absolute atomic E-state index is 13.0. The lowest BCUT2D eigenvalue weighted by molar-refractivity contribution is 0.0940. The van der Waals surface area contributed by atoms with Crippen LogP contribution in [0.2, 0.25) is 0 Å². The number of ether oxygens (including phenoxy) is 1. The van der Waals surface area contributed by atoms with E-state index in [0.29, 0.717) is 32.3 Å². The molecule has 0 saturated heterocycles. The van der Waals surface area contributed by atoms with Gasteiger partial charge in [-0.2, -0.15) is 4.52 Å². The Balaban J connectivity index is 1.46. The quantitative estimate of drug-likeness (QED) is 0.377. The van der Waals surface area contributed by atoms with Crippen LogP contribution in [0.4, 0.5) is 10.8 Å². The molecule has 0 aliphatic carbocycles. The number of benzene rings is 3. The molecule has 170 valence electrons. The van der Waals surface area contributed by atoms with Crippen LogP contribution in [0.25, 0.3) is 15.9 Å². The van der Waals surface area contributed by atoms with E-state index < -0.39 is 0 Å². The number of nitrogens with one attached hydrogen (secondary N) is 2. The van der Waals surface area contributed by atoms with Gasteiger partial charge in [-0.05, 0) is 42.8 Å². The number of anilines is 2. The molecule has 2 N–H and O–H groups in total. The van der Waals surface area contributed by atoms with Crippen molar-refractivity contribution in [3.8, 4) is 5.75 Å². The number of rotatable bonds is 6. The summed E-state index contributed by atoms with van der Waals surface area (Å²) in [4.78, 5) is 30.9.